The minimum atomic E-state index is 0.596. The number of nitrogens with zero attached hydrogens (tertiary/aromatic N) is 1. The van der Waals surface area contributed by atoms with Crippen LogP contribution in [-0.4, -0.2) is 17.5 Å². The fraction of sp³-hybridized carbons (Fsp3) is 0.750. The average molecular weight is 140 g/mol. The SMILES string of the molecule is CC(C)N1C=C(N)CCC1. The lowest BCUT2D eigenvalue weighted by Crippen LogP contribution is -2.30. The summed E-state index contributed by atoms with van der Waals surface area (Å²) < 4.78 is 0. The first-order valence-electron chi connectivity index (χ1n) is 3.92. The molecule has 2 N–H and O–H groups in total. The summed E-state index contributed by atoms with van der Waals surface area (Å²) >= 11 is 0. The Balaban J connectivity index is 2.53. The molecule has 1 rings (SSSR count). The molecule has 0 amide bonds. The standard InChI is InChI=1S/C8H16N2/c1-7(2)10-5-3-4-8(9)6-10/h6-7H,3-5,9H2,1-2H3. The van der Waals surface area contributed by atoms with Crippen LogP contribution in [0.1, 0.15) is 26.7 Å². The van der Waals surface area contributed by atoms with E-state index in [-0.39, 0.29) is 0 Å². The molecule has 1 aliphatic heterocycles. The van der Waals surface area contributed by atoms with Crippen LogP contribution in [-0.2, 0) is 0 Å². The van der Waals surface area contributed by atoms with Crippen LogP contribution >= 0.6 is 0 Å². The summed E-state index contributed by atoms with van der Waals surface area (Å²) in [5.74, 6) is 0. The smallest absolute Gasteiger partial charge is 0.0243 e. The number of hydrogen-bond acceptors (Lipinski definition) is 2. The molecular weight excluding hydrogens is 124 g/mol. The summed E-state index contributed by atoms with van der Waals surface area (Å²) in [5.41, 5.74) is 6.71. The van der Waals surface area contributed by atoms with Crippen molar-refractivity contribution in [3.8, 4) is 0 Å². The van der Waals surface area contributed by atoms with Gasteiger partial charge in [-0.1, -0.05) is 0 Å². The molecule has 2 heteroatoms. The first-order chi connectivity index (χ1) is 4.70. The molecule has 0 aromatic heterocycles. The van der Waals surface area contributed by atoms with Crippen LogP contribution in [0.2, 0.25) is 0 Å². The third-order valence-electron chi connectivity index (χ3n) is 1.88. The van der Waals surface area contributed by atoms with Crippen LogP contribution in [0.3, 0.4) is 0 Å². The number of rotatable bonds is 1. The maximum Gasteiger partial charge on any atom is 0.0243 e. The fourth-order valence-electron chi connectivity index (χ4n) is 1.22. The quantitative estimate of drug-likeness (QED) is 0.594. The first-order valence-corrected chi connectivity index (χ1v) is 3.92. The average Bonchev–Trinajstić information content (AvgIpc) is 1.88. The molecule has 0 radical (unpaired) electrons. The largest absolute Gasteiger partial charge is 0.401 e. The number of allylic oxidation sites excluding steroid dienone is 1. The summed E-state index contributed by atoms with van der Waals surface area (Å²) in [5, 5.41) is 0. The molecule has 0 saturated heterocycles. The van der Waals surface area contributed by atoms with Gasteiger partial charge >= 0.3 is 0 Å². The van der Waals surface area contributed by atoms with E-state index in [2.05, 4.69) is 24.9 Å². The van der Waals surface area contributed by atoms with Crippen molar-refractivity contribution in [1.29, 1.82) is 0 Å². The van der Waals surface area contributed by atoms with Crippen molar-refractivity contribution in [2.24, 2.45) is 5.73 Å². The zero-order valence-electron chi connectivity index (χ0n) is 6.80. The Bertz CT molecular complexity index is 138. The van der Waals surface area contributed by atoms with E-state index in [0.29, 0.717) is 6.04 Å². The normalized spacial score (nSPS) is 19.5. The topological polar surface area (TPSA) is 29.3 Å². The zero-order valence-corrected chi connectivity index (χ0v) is 6.80. The van der Waals surface area contributed by atoms with Crippen molar-refractivity contribution in [3.05, 3.63) is 11.9 Å². The first kappa shape index (κ1) is 7.45. The predicted octanol–water partition coefficient (Wildman–Crippen LogP) is 1.29. The summed E-state index contributed by atoms with van der Waals surface area (Å²) in [6.45, 7) is 5.54. The Kier molecular flexibility index (Phi) is 2.20. The second-order valence-electron chi connectivity index (χ2n) is 3.14. The minimum Gasteiger partial charge on any atom is -0.401 e. The lowest BCUT2D eigenvalue weighted by Gasteiger charge is -2.28. The van der Waals surface area contributed by atoms with Crippen molar-refractivity contribution in [2.75, 3.05) is 6.54 Å². The summed E-state index contributed by atoms with van der Waals surface area (Å²) in [6, 6.07) is 0.596. The Labute approximate surface area is 62.7 Å². The predicted molar refractivity (Wildman–Crippen MR) is 43.3 cm³/mol. The molecule has 2 nitrogen and oxygen atoms in total. The van der Waals surface area contributed by atoms with Crippen LogP contribution in [0.15, 0.2) is 11.9 Å². The van der Waals surface area contributed by atoms with Gasteiger partial charge in [0.1, 0.15) is 0 Å². The van der Waals surface area contributed by atoms with E-state index in [9.17, 15) is 0 Å². The monoisotopic (exact) mass is 140 g/mol. The lowest BCUT2D eigenvalue weighted by atomic mass is 10.1. The molecule has 10 heavy (non-hydrogen) atoms. The van der Waals surface area contributed by atoms with E-state index < -0.39 is 0 Å². The van der Waals surface area contributed by atoms with Crippen LogP contribution in [0.5, 0.6) is 0 Å². The molecule has 1 heterocycles. The van der Waals surface area contributed by atoms with Crippen LogP contribution in [0.25, 0.3) is 0 Å². The van der Waals surface area contributed by atoms with Gasteiger partial charge in [0.05, 0.1) is 0 Å². The van der Waals surface area contributed by atoms with Gasteiger partial charge in [-0.05, 0) is 26.7 Å². The van der Waals surface area contributed by atoms with Crippen LogP contribution in [0.4, 0.5) is 0 Å². The van der Waals surface area contributed by atoms with E-state index >= 15 is 0 Å². The Hall–Kier alpha value is -0.660. The van der Waals surface area contributed by atoms with E-state index in [1.165, 1.54) is 13.0 Å². The highest BCUT2D eigenvalue weighted by Crippen LogP contribution is 2.12. The van der Waals surface area contributed by atoms with Crippen molar-refractivity contribution >= 4 is 0 Å². The van der Waals surface area contributed by atoms with Crippen molar-refractivity contribution in [3.63, 3.8) is 0 Å². The van der Waals surface area contributed by atoms with Gasteiger partial charge in [-0.3, -0.25) is 0 Å². The molecule has 0 aromatic rings. The molecular formula is C8H16N2. The molecule has 58 valence electrons. The maximum atomic E-state index is 5.68. The number of hydrogen-bond donors (Lipinski definition) is 1. The van der Waals surface area contributed by atoms with Crippen molar-refractivity contribution < 1.29 is 0 Å². The lowest BCUT2D eigenvalue weighted by molar-refractivity contribution is 0.289. The van der Waals surface area contributed by atoms with Gasteiger partial charge < -0.3 is 10.6 Å². The number of nitrogens with two attached hydrogens (primary N) is 1. The highest BCUT2D eigenvalue weighted by atomic mass is 15.1. The Morgan fingerprint density at radius 3 is 2.70 bits per heavy atom. The van der Waals surface area contributed by atoms with Crippen molar-refractivity contribution in [1.82, 2.24) is 4.90 Å². The van der Waals surface area contributed by atoms with Gasteiger partial charge in [-0.2, -0.15) is 0 Å². The van der Waals surface area contributed by atoms with Crippen molar-refractivity contribution in [2.45, 2.75) is 32.7 Å². The van der Waals surface area contributed by atoms with E-state index in [4.69, 9.17) is 5.73 Å². The Morgan fingerprint density at radius 2 is 2.30 bits per heavy atom. The van der Waals surface area contributed by atoms with Gasteiger partial charge in [0.2, 0.25) is 0 Å². The molecule has 0 bridgehead atoms. The second-order valence-corrected chi connectivity index (χ2v) is 3.14. The third kappa shape index (κ3) is 1.66. The molecule has 0 spiro atoms. The van der Waals surface area contributed by atoms with Crippen LogP contribution in [0, 0.1) is 0 Å². The summed E-state index contributed by atoms with van der Waals surface area (Å²) in [4.78, 5) is 2.29. The van der Waals surface area contributed by atoms with E-state index in [0.717, 1.165) is 12.1 Å². The highest BCUT2D eigenvalue weighted by molar-refractivity contribution is 5.00. The maximum absolute atomic E-state index is 5.68. The molecule has 0 fully saturated rings. The third-order valence-corrected chi connectivity index (χ3v) is 1.88. The molecule has 0 unspecified atom stereocenters. The van der Waals surface area contributed by atoms with E-state index in [1.807, 2.05) is 0 Å². The molecule has 0 atom stereocenters. The van der Waals surface area contributed by atoms with E-state index in [1.54, 1.807) is 0 Å². The molecule has 0 aliphatic carbocycles. The highest BCUT2D eigenvalue weighted by Gasteiger charge is 2.09. The van der Waals surface area contributed by atoms with Crippen LogP contribution < -0.4 is 5.73 Å². The van der Waals surface area contributed by atoms with Gasteiger partial charge in [-0.25, -0.2) is 0 Å². The fourth-order valence-corrected chi connectivity index (χ4v) is 1.22. The Morgan fingerprint density at radius 1 is 1.60 bits per heavy atom. The summed E-state index contributed by atoms with van der Waals surface area (Å²) in [6.07, 6.45) is 4.36. The molecule has 0 saturated carbocycles. The van der Waals surface area contributed by atoms with Gasteiger partial charge in [0.15, 0.2) is 0 Å². The minimum absolute atomic E-state index is 0.596. The zero-order chi connectivity index (χ0) is 7.56. The van der Waals surface area contributed by atoms with Gasteiger partial charge in [0, 0.05) is 24.5 Å². The summed E-state index contributed by atoms with van der Waals surface area (Å²) in [7, 11) is 0. The molecule has 0 aromatic carbocycles. The molecule has 1 aliphatic rings. The van der Waals surface area contributed by atoms with Gasteiger partial charge in [-0.15, -0.1) is 0 Å². The second kappa shape index (κ2) is 2.95. The van der Waals surface area contributed by atoms with Gasteiger partial charge in [0.25, 0.3) is 0 Å².